The van der Waals surface area contributed by atoms with Gasteiger partial charge >= 0.3 is 7.60 Å². The summed E-state index contributed by atoms with van der Waals surface area (Å²) in [6.45, 7) is 21.3. The van der Waals surface area contributed by atoms with Crippen LogP contribution in [0.1, 0.15) is 279 Å². The fraction of sp³-hybridized carbons (Fsp3) is 0.882. The summed E-state index contributed by atoms with van der Waals surface area (Å²) in [7, 11) is -4.66. The maximum atomic E-state index is 14.3. The lowest BCUT2D eigenvalue weighted by Crippen LogP contribution is -2.41. The Balaban J connectivity index is 3.00. The van der Waals surface area contributed by atoms with Crippen LogP contribution in [0.15, 0.2) is 12.1 Å². The number of benzene rings is 1. The summed E-state index contributed by atoms with van der Waals surface area (Å²) in [6.07, 6.45) is 37.9. The monoisotopic (exact) mass is 805 g/mol. The normalized spacial score (nSPS) is 14.9. The van der Waals surface area contributed by atoms with Gasteiger partial charge in [-0.15, -0.1) is 0 Å². The summed E-state index contributed by atoms with van der Waals surface area (Å²) in [5.41, 5.74) is 1.54. The van der Waals surface area contributed by atoms with Crippen LogP contribution in [-0.2, 0) is 20.6 Å². The van der Waals surface area contributed by atoms with Crippen LogP contribution in [0, 0.1) is 11.8 Å². The van der Waals surface area contributed by atoms with E-state index in [2.05, 4.69) is 69.2 Å². The predicted molar refractivity (Wildman–Crippen MR) is 247 cm³/mol. The van der Waals surface area contributed by atoms with Gasteiger partial charge in [-0.05, 0) is 52.2 Å². The van der Waals surface area contributed by atoms with Crippen molar-refractivity contribution in [2.24, 2.45) is 11.8 Å². The minimum Gasteiger partial charge on any atom is -0.507 e. The van der Waals surface area contributed by atoms with E-state index in [-0.39, 0.29) is 28.4 Å². The molecule has 0 aliphatic carbocycles. The number of unbranched alkanes of at least 4 members (excludes halogenated alkanes) is 26. The van der Waals surface area contributed by atoms with Crippen LogP contribution < -0.4 is 0 Å². The van der Waals surface area contributed by atoms with Crippen molar-refractivity contribution in [2.45, 2.75) is 278 Å². The Labute approximate surface area is 350 Å². The van der Waals surface area contributed by atoms with Crippen molar-refractivity contribution < 1.29 is 19.5 Å². The summed E-state index contributed by atoms with van der Waals surface area (Å²) in [5, 5.41) is 10.3. The second-order valence-corrected chi connectivity index (χ2v) is 22.2. The first-order valence-electron chi connectivity index (χ1n) is 24.4. The van der Waals surface area contributed by atoms with E-state index in [0.717, 1.165) is 55.2 Å². The predicted octanol–water partition coefficient (Wildman–Crippen LogP) is 17.4. The molecule has 56 heavy (non-hydrogen) atoms. The highest BCUT2D eigenvalue weighted by molar-refractivity contribution is 7.53. The van der Waals surface area contributed by atoms with Crippen LogP contribution in [0.2, 0.25) is 0 Å². The van der Waals surface area contributed by atoms with E-state index < -0.39 is 12.8 Å². The van der Waals surface area contributed by atoms with Crippen molar-refractivity contribution in [1.82, 2.24) is 0 Å². The number of phenols is 1. The average molecular weight is 805 g/mol. The third-order valence-corrected chi connectivity index (χ3v) is 15.3. The molecule has 0 saturated carbocycles. The smallest absolute Gasteiger partial charge is 0.336 e. The van der Waals surface area contributed by atoms with Crippen LogP contribution in [0.3, 0.4) is 0 Å². The first-order chi connectivity index (χ1) is 26.5. The molecule has 0 spiro atoms. The largest absolute Gasteiger partial charge is 0.507 e. The lowest BCUT2D eigenvalue weighted by Gasteiger charge is -2.46. The third kappa shape index (κ3) is 19.5. The first kappa shape index (κ1) is 53.2. The molecule has 0 amide bonds. The number of aromatic hydroxyl groups is 1. The standard InChI is InChI=1S/C51H97O4P/c1-11-13-15-17-19-21-23-25-27-29-31-33-35-37-39-43(3)51(56(53,54)55,45-41-46(49(5,6)7)48(52)47(42-45)50(8,9)10)44(4)40-38-36-34-32-30-28-26-24-22-20-18-16-14-12-2/h41-44,52H,11-40H2,1-10H3,(H2,53,54,55). The molecule has 1 rings (SSSR count). The summed E-state index contributed by atoms with van der Waals surface area (Å²) < 4.78 is 14.3. The van der Waals surface area contributed by atoms with E-state index in [9.17, 15) is 19.5 Å². The van der Waals surface area contributed by atoms with E-state index in [0.29, 0.717) is 0 Å². The fourth-order valence-electron chi connectivity index (χ4n) is 9.54. The molecule has 5 heteroatoms. The Hall–Kier alpha value is -0.830. The maximum absolute atomic E-state index is 14.3. The second-order valence-electron chi connectivity index (χ2n) is 20.4. The van der Waals surface area contributed by atoms with Crippen molar-refractivity contribution in [3.63, 3.8) is 0 Å². The molecule has 330 valence electrons. The lowest BCUT2D eigenvalue weighted by molar-refractivity contribution is 0.197. The topological polar surface area (TPSA) is 77.8 Å². The molecule has 0 fully saturated rings. The maximum Gasteiger partial charge on any atom is 0.336 e. The van der Waals surface area contributed by atoms with E-state index in [1.54, 1.807) is 0 Å². The number of rotatable bonds is 34. The summed E-state index contributed by atoms with van der Waals surface area (Å²) in [4.78, 5) is 23.3. The minimum atomic E-state index is -4.66. The van der Waals surface area contributed by atoms with E-state index in [1.807, 2.05) is 12.1 Å². The van der Waals surface area contributed by atoms with Crippen LogP contribution >= 0.6 is 7.60 Å². The highest BCUT2D eigenvalue weighted by Gasteiger charge is 2.56. The molecular weight excluding hydrogens is 708 g/mol. The Bertz CT molecular complexity index is 1100. The van der Waals surface area contributed by atoms with Gasteiger partial charge in [-0.3, -0.25) is 4.57 Å². The molecule has 2 unspecified atom stereocenters. The number of hydrogen-bond donors (Lipinski definition) is 3. The molecule has 0 saturated heterocycles. The van der Waals surface area contributed by atoms with Gasteiger partial charge in [0, 0.05) is 0 Å². The summed E-state index contributed by atoms with van der Waals surface area (Å²) in [5.74, 6) is -0.132. The van der Waals surface area contributed by atoms with Gasteiger partial charge in [-0.1, -0.05) is 261 Å². The second kappa shape index (κ2) is 28.6. The molecule has 3 N–H and O–H groups in total. The van der Waals surface area contributed by atoms with Crippen molar-refractivity contribution in [2.75, 3.05) is 0 Å². The molecule has 0 aromatic heterocycles. The average Bonchev–Trinajstić information content (AvgIpc) is 3.11. The Morgan fingerprint density at radius 1 is 0.464 bits per heavy atom. The van der Waals surface area contributed by atoms with Gasteiger partial charge in [-0.25, -0.2) is 0 Å². The van der Waals surface area contributed by atoms with Gasteiger partial charge in [0.1, 0.15) is 10.9 Å². The van der Waals surface area contributed by atoms with Gasteiger partial charge in [0.05, 0.1) is 0 Å². The van der Waals surface area contributed by atoms with E-state index >= 15 is 0 Å². The van der Waals surface area contributed by atoms with Crippen molar-refractivity contribution in [3.8, 4) is 5.75 Å². The third-order valence-electron chi connectivity index (χ3n) is 13.2. The molecule has 0 radical (unpaired) electrons. The van der Waals surface area contributed by atoms with Crippen LogP contribution in [0.5, 0.6) is 5.75 Å². The molecule has 2 atom stereocenters. The first-order valence-corrected chi connectivity index (χ1v) is 26.0. The molecule has 1 aromatic carbocycles. The molecule has 0 heterocycles. The Morgan fingerprint density at radius 2 is 0.696 bits per heavy atom. The molecular formula is C51H97O4P. The van der Waals surface area contributed by atoms with Crippen molar-refractivity contribution >= 4 is 7.60 Å². The summed E-state index contributed by atoms with van der Waals surface area (Å²) in [6, 6.07) is 3.96. The molecule has 4 nitrogen and oxygen atoms in total. The quantitative estimate of drug-likeness (QED) is 0.0479. The zero-order valence-corrected chi connectivity index (χ0v) is 40.1. The van der Waals surface area contributed by atoms with Gasteiger partial charge in [0.15, 0.2) is 0 Å². The van der Waals surface area contributed by atoms with E-state index in [1.165, 1.54) is 154 Å². The molecule has 0 aliphatic heterocycles. The zero-order chi connectivity index (χ0) is 42.1. The number of hydrogen-bond acceptors (Lipinski definition) is 2. The molecule has 0 bridgehead atoms. The molecule has 0 aliphatic rings. The minimum absolute atomic E-state index is 0.201. The number of phenolic OH excluding ortho intramolecular Hbond substituents is 1. The fourth-order valence-corrected chi connectivity index (χ4v) is 11.4. The van der Waals surface area contributed by atoms with Gasteiger partial charge < -0.3 is 14.9 Å². The van der Waals surface area contributed by atoms with Crippen LogP contribution in [-0.4, -0.2) is 14.9 Å². The lowest BCUT2D eigenvalue weighted by atomic mass is 9.70. The van der Waals surface area contributed by atoms with E-state index in [4.69, 9.17) is 0 Å². The Morgan fingerprint density at radius 3 is 0.911 bits per heavy atom. The van der Waals surface area contributed by atoms with Crippen molar-refractivity contribution in [1.29, 1.82) is 0 Å². The van der Waals surface area contributed by atoms with Gasteiger partial charge in [-0.2, -0.15) is 0 Å². The Kier molecular flexibility index (Phi) is 27.2. The SMILES string of the molecule is CCCCCCCCCCCCCCCCC(C)C(c1cc(C(C)(C)C)c(O)c(C(C)(C)C)c1)(C(C)CCCCCCCCCCCCCCCC)P(=O)(O)O. The van der Waals surface area contributed by atoms with Gasteiger partial charge in [0.2, 0.25) is 0 Å². The summed E-state index contributed by atoms with van der Waals surface area (Å²) >= 11 is 0. The van der Waals surface area contributed by atoms with Crippen LogP contribution in [0.4, 0.5) is 0 Å². The highest BCUT2D eigenvalue weighted by atomic mass is 31.2. The molecule has 1 aromatic rings. The highest BCUT2D eigenvalue weighted by Crippen LogP contribution is 2.67. The van der Waals surface area contributed by atoms with Crippen LogP contribution in [0.25, 0.3) is 0 Å². The zero-order valence-electron chi connectivity index (χ0n) is 39.2. The van der Waals surface area contributed by atoms with Gasteiger partial charge in [0.25, 0.3) is 0 Å². The van der Waals surface area contributed by atoms with Crippen molar-refractivity contribution in [3.05, 3.63) is 28.8 Å².